The van der Waals surface area contributed by atoms with Crippen molar-refractivity contribution in [2.75, 3.05) is 24.7 Å². The van der Waals surface area contributed by atoms with Crippen molar-refractivity contribution in [2.45, 2.75) is 24.3 Å². The number of hydrogen-bond acceptors (Lipinski definition) is 6. The minimum atomic E-state index is -0.260. The van der Waals surface area contributed by atoms with Gasteiger partial charge in [-0.25, -0.2) is 4.98 Å². The fourth-order valence-corrected chi connectivity index (χ4v) is 2.67. The Bertz CT molecular complexity index is 479. The van der Waals surface area contributed by atoms with Crippen molar-refractivity contribution in [3.8, 4) is 0 Å². The number of methoxy groups -OCH3 is 1. The normalized spacial score (nSPS) is 17.8. The van der Waals surface area contributed by atoms with Gasteiger partial charge < -0.3 is 10.1 Å². The number of aromatic nitrogens is 2. The van der Waals surface area contributed by atoms with E-state index >= 15 is 0 Å². The fourth-order valence-electron chi connectivity index (χ4n) is 1.99. The zero-order chi connectivity index (χ0) is 14.2. The van der Waals surface area contributed by atoms with Gasteiger partial charge in [0.05, 0.1) is 25.3 Å². The molecule has 1 unspecified atom stereocenters. The van der Waals surface area contributed by atoms with Gasteiger partial charge >= 0.3 is 5.97 Å². The van der Waals surface area contributed by atoms with E-state index in [4.69, 9.17) is 0 Å². The molecular formula is C14H19N3O2S. The van der Waals surface area contributed by atoms with E-state index in [-0.39, 0.29) is 11.7 Å². The quantitative estimate of drug-likeness (QED) is 0.494. The lowest BCUT2D eigenvalue weighted by Crippen LogP contribution is -2.16. The number of carbonyl (C=O) groups excluding carboxylic acids is 1. The first-order valence-electron chi connectivity index (χ1n) is 6.68. The number of allylic oxidation sites excluding steroid dienone is 2. The molecule has 0 fully saturated rings. The Morgan fingerprint density at radius 3 is 3.15 bits per heavy atom. The van der Waals surface area contributed by atoms with Crippen LogP contribution in [-0.4, -0.2) is 35.3 Å². The summed E-state index contributed by atoms with van der Waals surface area (Å²) in [6.07, 6.45) is 11.3. The van der Waals surface area contributed by atoms with E-state index in [1.807, 2.05) is 0 Å². The second-order valence-corrected chi connectivity index (χ2v) is 5.63. The summed E-state index contributed by atoms with van der Waals surface area (Å²) in [7, 11) is 1.38. The predicted octanol–water partition coefficient (Wildman–Crippen LogP) is 2.51. The van der Waals surface area contributed by atoms with Crippen molar-refractivity contribution in [3.05, 3.63) is 24.5 Å². The van der Waals surface area contributed by atoms with E-state index in [1.165, 1.54) is 25.3 Å². The molecule has 0 aliphatic heterocycles. The number of ether oxygens (including phenoxy) is 1. The van der Waals surface area contributed by atoms with Crippen LogP contribution in [0.15, 0.2) is 29.6 Å². The van der Waals surface area contributed by atoms with E-state index in [1.54, 1.807) is 12.4 Å². The fraction of sp³-hybridized carbons (Fsp3) is 0.500. The van der Waals surface area contributed by atoms with Crippen LogP contribution < -0.4 is 5.32 Å². The molecule has 20 heavy (non-hydrogen) atoms. The van der Waals surface area contributed by atoms with E-state index in [0.717, 1.165) is 30.2 Å². The summed E-state index contributed by atoms with van der Waals surface area (Å²) in [4.78, 5) is 19.7. The van der Waals surface area contributed by atoms with Gasteiger partial charge in [0.1, 0.15) is 10.8 Å². The first-order chi connectivity index (χ1) is 9.78. The highest BCUT2D eigenvalue weighted by molar-refractivity contribution is 7.99. The molecule has 0 saturated heterocycles. The largest absolute Gasteiger partial charge is 0.468 e. The van der Waals surface area contributed by atoms with Crippen molar-refractivity contribution in [2.24, 2.45) is 5.92 Å². The molecule has 0 bridgehead atoms. The van der Waals surface area contributed by atoms with Crippen LogP contribution in [0.5, 0.6) is 0 Å². The minimum absolute atomic E-state index is 0.252. The van der Waals surface area contributed by atoms with E-state index in [2.05, 4.69) is 32.2 Å². The third-order valence-electron chi connectivity index (χ3n) is 3.13. The van der Waals surface area contributed by atoms with Crippen LogP contribution in [0.2, 0.25) is 0 Å². The van der Waals surface area contributed by atoms with E-state index < -0.39 is 0 Å². The number of nitrogens with zero attached hydrogens (tertiary/aromatic N) is 2. The maximum atomic E-state index is 11.1. The average Bonchev–Trinajstić information content (AvgIpc) is 2.52. The Labute approximate surface area is 123 Å². The van der Waals surface area contributed by atoms with Gasteiger partial charge in [-0.15, -0.1) is 0 Å². The lowest BCUT2D eigenvalue weighted by Gasteiger charge is -2.18. The van der Waals surface area contributed by atoms with Crippen LogP contribution in [-0.2, 0) is 9.53 Å². The van der Waals surface area contributed by atoms with Crippen LogP contribution in [0.1, 0.15) is 19.3 Å². The highest BCUT2D eigenvalue weighted by atomic mass is 32.2. The zero-order valence-electron chi connectivity index (χ0n) is 11.5. The maximum absolute atomic E-state index is 11.1. The number of hydrogen-bond donors (Lipinski definition) is 1. The number of nitrogens with one attached hydrogen (secondary N) is 1. The summed E-state index contributed by atoms with van der Waals surface area (Å²) in [5.41, 5.74) is 0. The molecule has 1 aromatic heterocycles. The molecule has 1 atom stereocenters. The molecule has 1 aliphatic rings. The lowest BCUT2D eigenvalue weighted by atomic mass is 9.94. The molecule has 5 nitrogen and oxygen atoms in total. The van der Waals surface area contributed by atoms with Crippen molar-refractivity contribution >= 4 is 23.5 Å². The van der Waals surface area contributed by atoms with Gasteiger partial charge in [-0.1, -0.05) is 23.9 Å². The summed E-state index contributed by atoms with van der Waals surface area (Å²) < 4.78 is 4.60. The van der Waals surface area contributed by atoms with Gasteiger partial charge in [-0.05, 0) is 25.2 Å². The second kappa shape index (κ2) is 7.89. The molecule has 108 valence electrons. The highest BCUT2D eigenvalue weighted by Crippen LogP contribution is 2.20. The molecule has 0 amide bonds. The summed E-state index contributed by atoms with van der Waals surface area (Å²) >= 11 is 1.33. The van der Waals surface area contributed by atoms with Crippen LogP contribution >= 0.6 is 11.8 Å². The summed E-state index contributed by atoms with van der Waals surface area (Å²) in [5, 5.41) is 4.05. The van der Waals surface area contributed by atoms with Gasteiger partial charge in [0.25, 0.3) is 0 Å². The van der Waals surface area contributed by atoms with Gasteiger partial charge in [-0.2, -0.15) is 0 Å². The SMILES string of the molecule is COC(=O)CSc1cncc(NCC2CC=CCC2)n1. The molecule has 1 heterocycles. The summed E-state index contributed by atoms with van der Waals surface area (Å²) in [6.45, 7) is 0.907. The third kappa shape index (κ3) is 4.85. The smallest absolute Gasteiger partial charge is 0.316 e. The summed E-state index contributed by atoms with van der Waals surface area (Å²) in [5.74, 6) is 1.41. The molecule has 0 spiro atoms. The van der Waals surface area contributed by atoms with Gasteiger partial charge in [0.2, 0.25) is 0 Å². The number of esters is 1. The van der Waals surface area contributed by atoms with E-state index in [9.17, 15) is 4.79 Å². The highest BCUT2D eigenvalue weighted by Gasteiger charge is 2.10. The first kappa shape index (κ1) is 14.8. The standard InChI is InChI=1S/C14H19N3O2S/c1-19-14(18)10-20-13-9-15-8-12(17-13)16-7-11-5-3-2-4-6-11/h2-3,8-9,11H,4-7,10H2,1H3,(H,16,17). The Hall–Kier alpha value is -1.56. The van der Waals surface area contributed by atoms with Crippen LogP contribution in [0.25, 0.3) is 0 Å². The Balaban J connectivity index is 1.82. The Morgan fingerprint density at radius 2 is 2.40 bits per heavy atom. The molecule has 0 saturated carbocycles. The molecule has 0 aromatic carbocycles. The molecular weight excluding hydrogens is 274 g/mol. The van der Waals surface area contributed by atoms with Crippen LogP contribution in [0.3, 0.4) is 0 Å². The van der Waals surface area contributed by atoms with Crippen molar-refractivity contribution < 1.29 is 9.53 Å². The monoisotopic (exact) mass is 293 g/mol. The van der Waals surface area contributed by atoms with Gasteiger partial charge in [0, 0.05) is 6.54 Å². The molecule has 2 rings (SSSR count). The maximum Gasteiger partial charge on any atom is 0.316 e. The zero-order valence-corrected chi connectivity index (χ0v) is 12.4. The number of anilines is 1. The third-order valence-corrected chi connectivity index (χ3v) is 4.00. The van der Waals surface area contributed by atoms with Gasteiger partial charge in [0.15, 0.2) is 0 Å². The minimum Gasteiger partial charge on any atom is -0.468 e. The predicted molar refractivity (Wildman–Crippen MR) is 79.7 cm³/mol. The first-order valence-corrected chi connectivity index (χ1v) is 7.67. The Kier molecular flexibility index (Phi) is 5.86. The van der Waals surface area contributed by atoms with Crippen LogP contribution in [0, 0.1) is 5.92 Å². The Morgan fingerprint density at radius 1 is 1.50 bits per heavy atom. The molecule has 1 aromatic rings. The average molecular weight is 293 g/mol. The number of carbonyl (C=O) groups is 1. The second-order valence-electron chi connectivity index (χ2n) is 4.64. The molecule has 1 aliphatic carbocycles. The van der Waals surface area contributed by atoms with Crippen molar-refractivity contribution in [1.82, 2.24) is 9.97 Å². The molecule has 1 N–H and O–H groups in total. The van der Waals surface area contributed by atoms with Crippen molar-refractivity contribution in [1.29, 1.82) is 0 Å². The lowest BCUT2D eigenvalue weighted by molar-refractivity contribution is -0.137. The van der Waals surface area contributed by atoms with Crippen LogP contribution in [0.4, 0.5) is 5.82 Å². The topological polar surface area (TPSA) is 64.1 Å². The van der Waals surface area contributed by atoms with Gasteiger partial charge in [-0.3, -0.25) is 9.78 Å². The molecule has 6 heteroatoms. The summed E-state index contributed by atoms with van der Waals surface area (Å²) in [6, 6.07) is 0. The number of rotatable bonds is 6. The molecule has 0 radical (unpaired) electrons. The number of thioether (sulfide) groups is 1. The van der Waals surface area contributed by atoms with E-state index in [0.29, 0.717) is 5.92 Å². The van der Waals surface area contributed by atoms with Crippen molar-refractivity contribution in [3.63, 3.8) is 0 Å².